The summed E-state index contributed by atoms with van der Waals surface area (Å²) in [6, 6.07) is 5.12. The zero-order chi connectivity index (χ0) is 30.0. The Bertz CT molecular complexity index is 1690. The number of pyridine rings is 1. The van der Waals surface area contributed by atoms with Crippen LogP contribution in [0.4, 0.5) is 10.1 Å². The molecule has 2 aromatic carbocycles. The summed E-state index contributed by atoms with van der Waals surface area (Å²) in [5.74, 6) is -0.954. The molecule has 1 atom stereocenters. The zero-order valence-electron chi connectivity index (χ0n) is 24.4. The largest absolute Gasteiger partial charge is 0.493 e. The van der Waals surface area contributed by atoms with Gasteiger partial charge in [0.25, 0.3) is 0 Å². The first-order valence-corrected chi connectivity index (χ1v) is 15.4. The second-order valence-corrected chi connectivity index (χ2v) is 13.7. The average Bonchev–Trinajstić information content (AvgIpc) is 2.88. The first-order chi connectivity index (χ1) is 19.1. The maximum atomic E-state index is 14.3. The molecule has 0 unspecified atom stereocenters. The van der Waals surface area contributed by atoms with Gasteiger partial charge in [0.05, 0.1) is 42.6 Å². The van der Waals surface area contributed by atoms with E-state index in [1.807, 2.05) is 26.0 Å². The van der Waals surface area contributed by atoms with E-state index in [2.05, 4.69) is 4.98 Å². The van der Waals surface area contributed by atoms with Crippen molar-refractivity contribution in [1.82, 2.24) is 4.98 Å². The monoisotopic (exact) mass is 582 g/mol. The Morgan fingerprint density at radius 1 is 1.15 bits per heavy atom. The quantitative estimate of drug-likeness (QED) is 0.392. The number of rotatable bonds is 5. The SMILES string of the molecule is Cc1c(-c2c(C)c3c(c(C)c2[C@H](OC(C)(C)C)C(=O)O)N(S(C)(=O)=O)Cc2cc(F)cnc2-3)ccc2c1CCCO2. The zero-order valence-corrected chi connectivity index (χ0v) is 25.2. The molecule has 41 heavy (non-hydrogen) atoms. The summed E-state index contributed by atoms with van der Waals surface area (Å²) in [4.78, 5) is 17.3. The van der Waals surface area contributed by atoms with Gasteiger partial charge in [-0.2, -0.15) is 0 Å². The number of halogens is 1. The van der Waals surface area contributed by atoms with E-state index in [0.29, 0.717) is 51.4 Å². The number of carbonyl (C=O) groups is 1. The summed E-state index contributed by atoms with van der Waals surface area (Å²) in [7, 11) is -3.85. The van der Waals surface area contributed by atoms with Crippen molar-refractivity contribution in [3.63, 3.8) is 0 Å². The maximum Gasteiger partial charge on any atom is 0.337 e. The smallest absolute Gasteiger partial charge is 0.337 e. The third-order valence-corrected chi connectivity index (χ3v) is 8.87. The predicted octanol–water partition coefficient (Wildman–Crippen LogP) is 6.03. The minimum atomic E-state index is -3.85. The number of anilines is 1. The van der Waals surface area contributed by atoms with Gasteiger partial charge in [0.1, 0.15) is 11.6 Å². The van der Waals surface area contributed by atoms with Crippen LogP contribution in [0.2, 0.25) is 0 Å². The highest BCUT2D eigenvalue weighted by Crippen LogP contribution is 2.52. The number of carboxylic acid groups (broad SMARTS) is 1. The van der Waals surface area contributed by atoms with Crippen LogP contribution in [0.1, 0.15) is 66.7 Å². The predicted molar refractivity (Wildman–Crippen MR) is 155 cm³/mol. The molecule has 2 aliphatic heterocycles. The Hall–Kier alpha value is -3.50. The molecule has 0 radical (unpaired) electrons. The molecule has 0 saturated heterocycles. The van der Waals surface area contributed by atoms with Crippen LogP contribution in [-0.4, -0.2) is 42.9 Å². The third kappa shape index (κ3) is 5.08. The minimum Gasteiger partial charge on any atom is -0.493 e. The molecule has 1 N–H and O–H groups in total. The summed E-state index contributed by atoms with van der Waals surface area (Å²) < 4.78 is 53.9. The minimum absolute atomic E-state index is 0.127. The first kappa shape index (κ1) is 29.0. The Morgan fingerprint density at radius 3 is 2.49 bits per heavy atom. The van der Waals surface area contributed by atoms with Crippen molar-refractivity contribution in [3.05, 3.63) is 63.6 Å². The molecule has 3 heterocycles. The fourth-order valence-corrected chi connectivity index (χ4v) is 7.03. The topological polar surface area (TPSA) is 106 Å². The van der Waals surface area contributed by atoms with Crippen LogP contribution in [0.5, 0.6) is 5.75 Å². The van der Waals surface area contributed by atoms with E-state index in [9.17, 15) is 22.7 Å². The number of fused-ring (bicyclic) bond motifs is 4. The van der Waals surface area contributed by atoms with Gasteiger partial charge in [-0.25, -0.2) is 17.6 Å². The maximum absolute atomic E-state index is 14.3. The van der Waals surface area contributed by atoms with Crippen molar-refractivity contribution in [1.29, 1.82) is 0 Å². The van der Waals surface area contributed by atoms with Gasteiger partial charge in [-0.3, -0.25) is 9.29 Å². The molecule has 10 heteroatoms. The Kier molecular flexibility index (Phi) is 7.14. The molecule has 0 amide bonds. The molecular formula is C31H35FN2O6S. The summed E-state index contributed by atoms with van der Waals surface area (Å²) in [6.45, 7) is 11.4. The number of hydrogen-bond donors (Lipinski definition) is 1. The molecule has 2 aliphatic rings. The third-order valence-electron chi connectivity index (χ3n) is 7.76. The fraction of sp³-hybridized carbons (Fsp3) is 0.419. The van der Waals surface area contributed by atoms with Crippen LogP contribution < -0.4 is 9.04 Å². The van der Waals surface area contributed by atoms with E-state index in [-0.39, 0.29) is 6.54 Å². The van der Waals surface area contributed by atoms with Gasteiger partial charge in [0.2, 0.25) is 10.0 Å². The van der Waals surface area contributed by atoms with Crippen LogP contribution in [0.15, 0.2) is 24.4 Å². The highest BCUT2D eigenvalue weighted by Gasteiger charge is 2.39. The van der Waals surface area contributed by atoms with Crippen LogP contribution in [0, 0.1) is 26.6 Å². The van der Waals surface area contributed by atoms with Gasteiger partial charge in [-0.15, -0.1) is 0 Å². The Balaban J connectivity index is 1.96. The Labute approximate surface area is 240 Å². The van der Waals surface area contributed by atoms with E-state index >= 15 is 0 Å². The molecule has 5 rings (SSSR count). The van der Waals surface area contributed by atoms with Gasteiger partial charge in [0, 0.05) is 16.7 Å². The molecule has 0 aliphatic carbocycles. The van der Waals surface area contributed by atoms with Crippen molar-refractivity contribution in [2.45, 2.75) is 72.6 Å². The van der Waals surface area contributed by atoms with Gasteiger partial charge in [0.15, 0.2) is 6.10 Å². The van der Waals surface area contributed by atoms with Crippen LogP contribution in [0.25, 0.3) is 22.4 Å². The highest BCUT2D eigenvalue weighted by molar-refractivity contribution is 7.92. The van der Waals surface area contributed by atoms with E-state index < -0.39 is 33.5 Å². The number of carboxylic acids is 1. The standard InChI is InChI=1S/C31H35FN2O6S/c1-16-21-9-8-12-39-23(21)11-10-22(16)24-17(2)26-27-19(13-20(32)14-33-27)15-34(41(7,37)38)28(26)18(3)25(24)29(30(35)36)40-31(4,5)6/h10-11,13-14,29H,8-9,12,15H2,1-7H3,(H,35,36)/t29-/m0/s1. The lowest BCUT2D eigenvalue weighted by molar-refractivity contribution is -0.160. The molecule has 3 aromatic rings. The van der Waals surface area contributed by atoms with Crippen LogP contribution in [-0.2, 0) is 32.5 Å². The molecule has 218 valence electrons. The molecule has 0 fully saturated rings. The van der Waals surface area contributed by atoms with Crippen molar-refractivity contribution >= 4 is 21.7 Å². The highest BCUT2D eigenvalue weighted by atomic mass is 32.2. The lowest BCUT2D eigenvalue weighted by Gasteiger charge is -2.37. The van der Waals surface area contributed by atoms with Gasteiger partial charge in [-0.1, -0.05) is 6.07 Å². The summed E-state index contributed by atoms with van der Waals surface area (Å²) in [6.07, 6.45) is 2.49. The average molecular weight is 583 g/mol. The number of hydrogen-bond acceptors (Lipinski definition) is 6. The molecule has 8 nitrogen and oxygen atoms in total. The molecule has 0 bridgehead atoms. The Morgan fingerprint density at radius 2 is 1.85 bits per heavy atom. The van der Waals surface area contributed by atoms with Crippen LogP contribution >= 0.6 is 0 Å². The number of sulfonamides is 1. The number of aliphatic carboxylic acids is 1. The molecule has 0 spiro atoms. The molecular weight excluding hydrogens is 547 g/mol. The molecule has 1 aromatic heterocycles. The number of ether oxygens (including phenoxy) is 2. The van der Waals surface area contributed by atoms with E-state index in [1.54, 1.807) is 27.7 Å². The lowest BCUT2D eigenvalue weighted by atomic mass is 9.79. The second-order valence-electron chi connectivity index (χ2n) is 11.8. The second kappa shape index (κ2) is 10.1. The van der Waals surface area contributed by atoms with Gasteiger partial charge < -0.3 is 14.6 Å². The fourth-order valence-electron chi connectivity index (χ4n) is 6.09. The summed E-state index contributed by atoms with van der Waals surface area (Å²) in [5, 5.41) is 10.5. The van der Waals surface area contributed by atoms with Crippen molar-refractivity contribution in [2.75, 3.05) is 17.2 Å². The van der Waals surface area contributed by atoms with Gasteiger partial charge >= 0.3 is 5.97 Å². The van der Waals surface area contributed by atoms with Crippen LogP contribution in [0.3, 0.4) is 0 Å². The first-order valence-electron chi connectivity index (χ1n) is 13.6. The van der Waals surface area contributed by atoms with E-state index in [1.165, 1.54) is 10.4 Å². The van der Waals surface area contributed by atoms with E-state index in [4.69, 9.17) is 9.47 Å². The normalized spacial score (nSPS) is 15.5. The number of nitrogens with zero attached hydrogens (tertiary/aromatic N) is 2. The van der Waals surface area contributed by atoms with Crippen molar-refractivity contribution in [3.8, 4) is 28.1 Å². The molecule has 0 saturated carbocycles. The van der Waals surface area contributed by atoms with Crippen molar-refractivity contribution < 1.29 is 32.2 Å². The lowest BCUT2D eigenvalue weighted by Crippen LogP contribution is -2.35. The summed E-state index contributed by atoms with van der Waals surface area (Å²) >= 11 is 0. The summed E-state index contributed by atoms with van der Waals surface area (Å²) in [5.41, 5.74) is 5.85. The van der Waals surface area contributed by atoms with E-state index in [0.717, 1.165) is 47.7 Å². The number of aromatic nitrogens is 1. The number of benzene rings is 2. The van der Waals surface area contributed by atoms with Crippen molar-refractivity contribution in [2.24, 2.45) is 0 Å². The van der Waals surface area contributed by atoms with Gasteiger partial charge in [-0.05, 0) is 99.9 Å².